The lowest BCUT2D eigenvalue weighted by Gasteiger charge is -2.36. The lowest BCUT2D eigenvalue weighted by molar-refractivity contribution is 0.418. The molecule has 18 heavy (non-hydrogen) atoms. The van der Waals surface area contributed by atoms with Gasteiger partial charge in [-0.1, -0.05) is 25.3 Å². The van der Waals surface area contributed by atoms with Crippen molar-refractivity contribution >= 4 is 5.69 Å². The van der Waals surface area contributed by atoms with Crippen LogP contribution in [0.5, 0.6) is 0 Å². The molecule has 0 amide bonds. The van der Waals surface area contributed by atoms with Crippen molar-refractivity contribution < 1.29 is 0 Å². The number of hydrogen-bond donors (Lipinski definition) is 0. The third-order valence-electron chi connectivity index (χ3n) is 3.94. The van der Waals surface area contributed by atoms with Crippen molar-refractivity contribution in [2.45, 2.75) is 52.0 Å². The Morgan fingerprint density at radius 3 is 2.61 bits per heavy atom. The zero-order chi connectivity index (χ0) is 13.0. The molecule has 0 N–H and O–H groups in total. The van der Waals surface area contributed by atoms with Gasteiger partial charge in [-0.15, -0.1) is 0 Å². The average Bonchev–Trinajstić information content (AvgIpc) is 2.41. The molecule has 0 saturated heterocycles. The summed E-state index contributed by atoms with van der Waals surface area (Å²) in [5.41, 5.74) is 3.18. The molecule has 1 saturated carbocycles. The Labute approximate surface area is 110 Å². The molecule has 0 unspecified atom stereocenters. The van der Waals surface area contributed by atoms with Gasteiger partial charge in [-0.3, -0.25) is 0 Å². The van der Waals surface area contributed by atoms with Crippen molar-refractivity contribution in [3.8, 4) is 6.07 Å². The minimum atomic E-state index is 0.623. The first-order valence-corrected chi connectivity index (χ1v) is 7.03. The standard InChI is InChI=1S/C16H22N2/c1-3-18(15-7-5-4-6-8-15)16-11-13(2)9-10-14(16)12-17/h9-11,15H,3-8H2,1-2H3. The van der Waals surface area contributed by atoms with E-state index in [0.29, 0.717) is 6.04 Å². The van der Waals surface area contributed by atoms with E-state index in [2.05, 4.69) is 30.9 Å². The highest BCUT2D eigenvalue weighted by Gasteiger charge is 2.22. The Morgan fingerprint density at radius 2 is 2.00 bits per heavy atom. The molecule has 2 heteroatoms. The Morgan fingerprint density at radius 1 is 1.28 bits per heavy atom. The van der Waals surface area contributed by atoms with Gasteiger partial charge in [-0.2, -0.15) is 5.26 Å². The summed E-state index contributed by atoms with van der Waals surface area (Å²) in [4.78, 5) is 2.44. The molecule has 0 aromatic heterocycles. The van der Waals surface area contributed by atoms with Crippen LogP contribution in [0, 0.1) is 18.3 Å². The second-order valence-electron chi connectivity index (χ2n) is 5.21. The molecular weight excluding hydrogens is 220 g/mol. The minimum absolute atomic E-state index is 0.623. The number of aryl methyl sites for hydroxylation is 1. The first kappa shape index (κ1) is 13.0. The van der Waals surface area contributed by atoms with Crippen LogP contribution in [-0.2, 0) is 0 Å². The van der Waals surface area contributed by atoms with E-state index in [1.165, 1.54) is 37.7 Å². The molecule has 0 atom stereocenters. The Hall–Kier alpha value is -1.49. The number of hydrogen-bond acceptors (Lipinski definition) is 2. The zero-order valence-corrected chi connectivity index (χ0v) is 11.4. The van der Waals surface area contributed by atoms with Crippen LogP contribution < -0.4 is 4.90 Å². The van der Waals surface area contributed by atoms with Crippen LogP contribution in [0.15, 0.2) is 18.2 Å². The summed E-state index contributed by atoms with van der Waals surface area (Å²) in [6.07, 6.45) is 6.57. The van der Waals surface area contributed by atoms with Crippen molar-refractivity contribution in [3.05, 3.63) is 29.3 Å². The van der Waals surface area contributed by atoms with Gasteiger partial charge in [0.25, 0.3) is 0 Å². The average molecular weight is 242 g/mol. The van der Waals surface area contributed by atoms with E-state index < -0.39 is 0 Å². The van der Waals surface area contributed by atoms with Gasteiger partial charge in [0.05, 0.1) is 11.3 Å². The van der Waals surface area contributed by atoms with E-state index in [1.807, 2.05) is 12.1 Å². The van der Waals surface area contributed by atoms with Crippen LogP contribution in [0.3, 0.4) is 0 Å². The summed E-state index contributed by atoms with van der Waals surface area (Å²) < 4.78 is 0. The maximum Gasteiger partial charge on any atom is 0.101 e. The summed E-state index contributed by atoms with van der Waals surface area (Å²) in [7, 11) is 0. The highest BCUT2D eigenvalue weighted by molar-refractivity contribution is 5.61. The summed E-state index contributed by atoms with van der Waals surface area (Å²) >= 11 is 0. The molecule has 96 valence electrons. The molecular formula is C16H22N2. The van der Waals surface area contributed by atoms with Crippen LogP contribution in [0.4, 0.5) is 5.69 Å². The fourth-order valence-corrected chi connectivity index (χ4v) is 2.99. The second kappa shape index (κ2) is 5.91. The van der Waals surface area contributed by atoms with Gasteiger partial charge in [0, 0.05) is 12.6 Å². The topological polar surface area (TPSA) is 27.0 Å². The van der Waals surface area contributed by atoms with Crippen LogP contribution in [0.2, 0.25) is 0 Å². The predicted molar refractivity (Wildman–Crippen MR) is 75.8 cm³/mol. The normalized spacial score (nSPS) is 16.3. The second-order valence-corrected chi connectivity index (χ2v) is 5.21. The molecule has 0 radical (unpaired) electrons. The summed E-state index contributed by atoms with van der Waals surface area (Å²) in [5, 5.41) is 9.28. The van der Waals surface area contributed by atoms with Gasteiger partial charge in [0.15, 0.2) is 0 Å². The van der Waals surface area contributed by atoms with E-state index in [1.54, 1.807) is 0 Å². The molecule has 2 rings (SSSR count). The van der Waals surface area contributed by atoms with Crippen LogP contribution in [0.1, 0.15) is 50.2 Å². The Balaban J connectivity index is 2.31. The third kappa shape index (κ3) is 2.67. The quantitative estimate of drug-likeness (QED) is 0.800. The Kier molecular flexibility index (Phi) is 4.25. The van der Waals surface area contributed by atoms with Crippen LogP contribution >= 0.6 is 0 Å². The fourth-order valence-electron chi connectivity index (χ4n) is 2.99. The number of nitriles is 1. The number of nitrogens with zero attached hydrogens (tertiary/aromatic N) is 2. The maximum atomic E-state index is 9.28. The maximum absolute atomic E-state index is 9.28. The fraction of sp³-hybridized carbons (Fsp3) is 0.562. The minimum Gasteiger partial charge on any atom is -0.368 e. The van der Waals surface area contributed by atoms with Crippen molar-refractivity contribution in [2.75, 3.05) is 11.4 Å². The molecule has 1 aromatic carbocycles. The van der Waals surface area contributed by atoms with Gasteiger partial charge in [0.1, 0.15) is 6.07 Å². The van der Waals surface area contributed by atoms with Gasteiger partial charge < -0.3 is 4.90 Å². The molecule has 0 aliphatic heterocycles. The van der Waals surface area contributed by atoms with E-state index >= 15 is 0 Å². The number of benzene rings is 1. The first-order valence-electron chi connectivity index (χ1n) is 7.03. The molecule has 0 bridgehead atoms. The molecule has 1 aromatic rings. The summed E-state index contributed by atoms with van der Waals surface area (Å²) in [6.45, 7) is 5.28. The lowest BCUT2D eigenvalue weighted by atomic mass is 9.93. The first-order chi connectivity index (χ1) is 8.76. The molecule has 1 aliphatic carbocycles. The van der Waals surface area contributed by atoms with E-state index in [-0.39, 0.29) is 0 Å². The predicted octanol–water partition coefficient (Wildman–Crippen LogP) is 4.03. The van der Waals surface area contributed by atoms with Crippen molar-refractivity contribution in [1.29, 1.82) is 5.26 Å². The van der Waals surface area contributed by atoms with E-state index in [4.69, 9.17) is 0 Å². The van der Waals surface area contributed by atoms with Gasteiger partial charge in [-0.25, -0.2) is 0 Å². The summed E-state index contributed by atoms with van der Waals surface area (Å²) in [6, 6.07) is 9.10. The van der Waals surface area contributed by atoms with Gasteiger partial charge >= 0.3 is 0 Å². The molecule has 1 aliphatic rings. The molecule has 2 nitrogen and oxygen atoms in total. The highest BCUT2D eigenvalue weighted by atomic mass is 15.2. The number of anilines is 1. The molecule has 0 spiro atoms. The van der Waals surface area contributed by atoms with Gasteiger partial charge in [-0.05, 0) is 44.4 Å². The largest absolute Gasteiger partial charge is 0.368 e. The SMILES string of the molecule is CCN(c1cc(C)ccc1C#N)C1CCCCC1. The third-order valence-corrected chi connectivity index (χ3v) is 3.94. The van der Waals surface area contributed by atoms with Gasteiger partial charge in [0.2, 0.25) is 0 Å². The van der Waals surface area contributed by atoms with E-state index in [0.717, 1.165) is 17.8 Å². The summed E-state index contributed by atoms with van der Waals surface area (Å²) in [5.74, 6) is 0. The molecule has 1 fully saturated rings. The van der Waals surface area contributed by atoms with Crippen molar-refractivity contribution in [2.24, 2.45) is 0 Å². The van der Waals surface area contributed by atoms with Crippen LogP contribution in [0.25, 0.3) is 0 Å². The zero-order valence-electron chi connectivity index (χ0n) is 11.4. The lowest BCUT2D eigenvalue weighted by Crippen LogP contribution is -2.37. The highest BCUT2D eigenvalue weighted by Crippen LogP contribution is 2.29. The van der Waals surface area contributed by atoms with Crippen LogP contribution in [-0.4, -0.2) is 12.6 Å². The Bertz CT molecular complexity index is 439. The number of rotatable bonds is 3. The monoisotopic (exact) mass is 242 g/mol. The molecule has 0 heterocycles. The van der Waals surface area contributed by atoms with Crippen molar-refractivity contribution in [3.63, 3.8) is 0 Å². The van der Waals surface area contributed by atoms with E-state index in [9.17, 15) is 5.26 Å². The van der Waals surface area contributed by atoms with Crippen molar-refractivity contribution in [1.82, 2.24) is 0 Å². The smallest absolute Gasteiger partial charge is 0.101 e.